The second kappa shape index (κ2) is 7.51. The van der Waals surface area contributed by atoms with Crippen LogP contribution in [-0.4, -0.2) is 17.7 Å². The summed E-state index contributed by atoms with van der Waals surface area (Å²) in [6, 6.07) is 8.62. The van der Waals surface area contributed by atoms with Gasteiger partial charge in [0.05, 0.1) is 6.61 Å². The van der Waals surface area contributed by atoms with Crippen molar-refractivity contribution < 1.29 is 14.6 Å². The molecule has 1 N–H and O–H groups in total. The minimum Gasteiger partial charge on any atom is -0.507 e. The van der Waals surface area contributed by atoms with E-state index in [2.05, 4.69) is 12.8 Å². The molecule has 0 aliphatic carbocycles. The predicted molar refractivity (Wildman–Crippen MR) is 88.0 cm³/mol. The van der Waals surface area contributed by atoms with Crippen LogP contribution in [0, 0.1) is 12.3 Å². The lowest BCUT2D eigenvalue weighted by Crippen LogP contribution is -2.07. The summed E-state index contributed by atoms with van der Waals surface area (Å²) >= 11 is 0. The van der Waals surface area contributed by atoms with Gasteiger partial charge in [0.25, 0.3) is 0 Å². The number of ether oxygens (including phenoxy) is 1. The second-order valence-corrected chi connectivity index (χ2v) is 5.27. The molecule has 22 heavy (non-hydrogen) atoms. The minimum atomic E-state index is -0.498. The van der Waals surface area contributed by atoms with E-state index in [4.69, 9.17) is 11.2 Å². The van der Waals surface area contributed by atoms with Gasteiger partial charge in [0, 0.05) is 5.56 Å². The van der Waals surface area contributed by atoms with Gasteiger partial charge in [-0.1, -0.05) is 38.2 Å². The molecule has 0 fully saturated rings. The van der Waals surface area contributed by atoms with E-state index in [-0.39, 0.29) is 11.3 Å². The minimum absolute atomic E-state index is 0.0699. The largest absolute Gasteiger partial charge is 0.507 e. The zero-order valence-electron chi connectivity index (χ0n) is 12.8. The molecule has 0 atom stereocenters. The first kappa shape index (κ1) is 15.9. The van der Waals surface area contributed by atoms with Crippen molar-refractivity contribution in [3.63, 3.8) is 0 Å². The lowest BCUT2D eigenvalue weighted by molar-refractivity contribution is 0.0495. The van der Waals surface area contributed by atoms with Crippen LogP contribution in [0.1, 0.15) is 48.5 Å². The highest BCUT2D eigenvalue weighted by molar-refractivity contribution is 5.98. The van der Waals surface area contributed by atoms with Crippen molar-refractivity contribution in [1.82, 2.24) is 0 Å². The van der Waals surface area contributed by atoms with Crippen molar-refractivity contribution in [3.8, 4) is 18.1 Å². The third kappa shape index (κ3) is 3.79. The van der Waals surface area contributed by atoms with Crippen molar-refractivity contribution in [1.29, 1.82) is 0 Å². The third-order valence-electron chi connectivity index (χ3n) is 3.57. The molecule has 0 spiro atoms. The molecule has 3 heteroatoms. The van der Waals surface area contributed by atoms with Gasteiger partial charge in [0.2, 0.25) is 0 Å². The Hall–Kier alpha value is -2.47. The van der Waals surface area contributed by atoms with Gasteiger partial charge < -0.3 is 9.84 Å². The fraction of sp³-hybridized carbons (Fsp3) is 0.316. The molecule has 0 aliphatic heterocycles. The van der Waals surface area contributed by atoms with Crippen molar-refractivity contribution in [2.75, 3.05) is 6.61 Å². The molecule has 0 saturated heterocycles. The van der Waals surface area contributed by atoms with Crippen LogP contribution in [0.4, 0.5) is 0 Å². The standard InChI is InChI=1S/C19H20O3/c1-3-5-6-7-10-22-19(21)17-12-16-11-14(4-2)8-9-15(16)13-18(17)20/h2,8-9,11-13,20H,3,5-7,10H2,1H3. The van der Waals surface area contributed by atoms with Crippen LogP contribution in [0.2, 0.25) is 0 Å². The monoisotopic (exact) mass is 296 g/mol. The molecule has 0 saturated carbocycles. The molecule has 0 radical (unpaired) electrons. The first-order chi connectivity index (χ1) is 10.7. The number of benzene rings is 2. The number of rotatable bonds is 6. The average molecular weight is 296 g/mol. The van der Waals surface area contributed by atoms with Gasteiger partial charge >= 0.3 is 5.97 Å². The summed E-state index contributed by atoms with van der Waals surface area (Å²) in [5, 5.41) is 11.6. The van der Waals surface area contributed by atoms with Crippen LogP contribution in [0.15, 0.2) is 30.3 Å². The normalized spacial score (nSPS) is 10.4. The first-order valence-corrected chi connectivity index (χ1v) is 7.56. The number of hydrogen-bond donors (Lipinski definition) is 1. The molecule has 0 aromatic heterocycles. The zero-order chi connectivity index (χ0) is 15.9. The summed E-state index contributed by atoms with van der Waals surface area (Å²) in [6.07, 6.45) is 9.53. The maximum absolute atomic E-state index is 12.1. The molecule has 0 unspecified atom stereocenters. The van der Waals surface area contributed by atoms with Gasteiger partial charge in [-0.15, -0.1) is 6.42 Å². The molecule has 2 aromatic rings. The maximum Gasteiger partial charge on any atom is 0.341 e. The van der Waals surface area contributed by atoms with Crippen molar-refractivity contribution in [2.45, 2.75) is 32.6 Å². The summed E-state index contributed by atoms with van der Waals surface area (Å²) in [5.41, 5.74) is 0.911. The van der Waals surface area contributed by atoms with Gasteiger partial charge in [-0.3, -0.25) is 0 Å². The van der Waals surface area contributed by atoms with Crippen LogP contribution in [0.25, 0.3) is 10.8 Å². The topological polar surface area (TPSA) is 46.5 Å². The molecule has 114 valence electrons. The zero-order valence-corrected chi connectivity index (χ0v) is 12.8. The number of phenols is 1. The Labute approximate surface area is 130 Å². The van der Waals surface area contributed by atoms with Crippen LogP contribution in [0.3, 0.4) is 0 Å². The molecule has 2 aromatic carbocycles. The Balaban J connectivity index is 2.14. The highest BCUT2D eigenvalue weighted by Gasteiger charge is 2.14. The molecule has 0 aliphatic rings. The van der Waals surface area contributed by atoms with Crippen LogP contribution in [-0.2, 0) is 4.74 Å². The summed E-state index contributed by atoms with van der Waals surface area (Å²) in [6.45, 7) is 2.50. The van der Waals surface area contributed by atoms with Crippen molar-refractivity contribution in [3.05, 3.63) is 41.5 Å². The fourth-order valence-corrected chi connectivity index (χ4v) is 2.31. The van der Waals surface area contributed by atoms with E-state index in [1.165, 1.54) is 0 Å². The van der Waals surface area contributed by atoms with Gasteiger partial charge in [-0.05, 0) is 41.5 Å². The predicted octanol–water partition coefficient (Wildman–Crippen LogP) is 4.26. The highest BCUT2D eigenvalue weighted by Crippen LogP contribution is 2.26. The van der Waals surface area contributed by atoms with E-state index < -0.39 is 5.97 Å². The molecule has 0 bridgehead atoms. The molecular weight excluding hydrogens is 276 g/mol. The number of phenolic OH excluding ortho intramolecular Hbond substituents is 1. The molecule has 0 amide bonds. The summed E-state index contributed by atoms with van der Waals surface area (Å²) in [7, 11) is 0. The highest BCUT2D eigenvalue weighted by atomic mass is 16.5. The Kier molecular flexibility index (Phi) is 5.43. The van der Waals surface area contributed by atoms with E-state index in [1.807, 2.05) is 12.1 Å². The third-order valence-corrected chi connectivity index (χ3v) is 3.57. The Morgan fingerprint density at radius 2 is 2.00 bits per heavy atom. The number of carbonyl (C=O) groups excluding carboxylic acids is 1. The summed E-state index contributed by atoms with van der Waals surface area (Å²) in [4.78, 5) is 12.1. The Morgan fingerprint density at radius 3 is 2.73 bits per heavy atom. The van der Waals surface area contributed by atoms with Gasteiger partial charge in [-0.25, -0.2) is 4.79 Å². The number of terminal acetylenes is 1. The van der Waals surface area contributed by atoms with Gasteiger partial charge in [0.1, 0.15) is 11.3 Å². The lowest BCUT2D eigenvalue weighted by atomic mass is 10.0. The summed E-state index contributed by atoms with van der Waals surface area (Å²) < 4.78 is 5.22. The fourth-order valence-electron chi connectivity index (χ4n) is 2.31. The van der Waals surface area contributed by atoms with E-state index in [0.29, 0.717) is 6.61 Å². The number of carbonyl (C=O) groups is 1. The average Bonchev–Trinajstić information content (AvgIpc) is 2.53. The maximum atomic E-state index is 12.1. The summed E-state index contributed by atoms with van der Waals surface area (Å²) in [5.74, 6) is 1.99. The van der Waals surface area contributed by atoms with E-state index in [0.717, 1.165) is 42.0 Å². The number of unbranched alkanes of at least 4 members (excludes halogenated alkanes) is 3. The smallest absolute Gasteiger partial charge is 0.341 e. The second-order valence-electron chi connectivity index (χ2n) is 5.27. The molecular formula is C19H20O3. The van der Waals surface area contributed by atoms with E-state index in [9.17, 15) is 9.90 Å². The molecule has 3 nitrogen and oxygen atoms in total. The number of fused-ring (bicyclic) bond motifs is 1. The number of esters is 1. The van der Waals surface area contributed by atoms with Crippen molar-refractivity contribution in [2.24, 2.45) is 0 Å². The van der Waals surface area contributed by atoms with Crippen molar-refractivity contribution >= 4 is 16.7 Å². The van der Waals surface area contributed by atoms with Crippen LogP contribution >= 0.6 is 0 Å². The first-order valence-electron chi connectivity index (χ1n) is 7.56. The lowest BCUT2D eigenvalue weighted by Gasteiger charge is -2.08. The SMILES string of the molecule is C#Cc1ccc2cc(O)c(C(=O)OCCCCCC)cc2c1. The molecule has 0 heterocycles. The van der Waals surface area contributed by atoms with Gasteiger partial charge in [-0.2, -0.15) is 0 Å². The van der Waals surface area contributed by atoms with E-state index >= 15 is 0 Å². The number of aromatic hydroxyl groups is 1. The number of hydrogen-bond acceptors (Lipinski definition) is 3. The quantitative estimate of drug-likeness (QED) is 0.492. The van der Waals surface area contributed by atoms with E-state index in [1.54, 1.807) is 18.2 Å². The van der Waals surface area contributed by atoms with Gasteiger partial charge in [0.15, 0.2) is 0 Å². The van der Waals surface area contributed by atoms with Crippen LogP contribution in [0.5, 0.6) is 5.75 Å². The Bertz CT molecular complexity index is 710. The molecule has 2 rings (SSSR count). The Morgan fingerprint density at radius 1 is 1.18 bits per heavy atom. The van der Waals surface area contributed by atoms with Crippen LogP contribution < -0.4 is 0 Å².